The average Bonchev–Trinajstić information content (AvgIpc) is 2.67. The quantitative estimate of drug-likeness (QED) is 0.569. The molecular formula is C8H12N2O2. The molecule has 0 aromatic rings. The third-order valence-corrected chi connectivity index (χ3v) is 2.17. The molecule has 0 N–H and O–H groups in total. The van der Waals surface area contributed by atoms with Gasteiger partial charge in [0.1, 0.15) is 6.04 Å². The maximum atomic E-state index is 8.47. The van der Waals surface area contributed by atoms with Crippen molar-refractivity contribution in [3.05, 3.63) is 0 Å². The first-order valence-corrected chi connectivity index (χ1v) is 4.31. The molecule has 0 aliphatic carbocycles. The van der Waals surface area contributed by atoms with E-state index in [1.165, 1.54) is 0 Å². The molecule has 0 amide bonds. The van der Waals surface area contributed by atoms with Crippen molar-refractivity contribution in [1.29, 1.82) is 5.26 Å². The number of hydrogen-bond acceptors (Lipinski definition) is 4. The molecule has 2 aliphatic heterocycles. The molecular weight excluding hydrogens is 156 g/mol. The summed E-state index contributed by atoms with van der Waals surface area (Å²) in [5.41, 5.74) is 0. The molecule has 12 heavy (non-hydrogen) atoms. The number of hydrogen-bond donors (Lipinski definition) is 0. The van der Waals surface area contributed by atoms with Crippen LogP contribution in [0.3, 0.4) is 0 Å². The maximum Gasteiger partial charge on any atom is 0.137 e. The van der Waals surface area contributed by atoms with Gasteiger partial charge in [-0.05, 0) is 12.8 Å². The smallest absolute Gasteiger partial charge is 0.137 e. The summed E-state index contributed by atoms with van der Waals surface area (Å²) in [6, 6.07) is 2.12. The first-order valence-electron chi connectivity index (χ1n) is 4.31. The van der Waals surface area contributed by atoms with Gasteiger partial charge in [-0.25, -0.2) is 0 Å². The third kappa shape index (κ3) is 1.75. The summed E-state index contributed by atoms with van der Waals surface area (Å²) < 4.78 is 5.37. The summed E-state index contributed by atoms with van der Waals surface area (Å²) in [6.07, 6.45) is 2.48. The molecule has 3 unspecified atom stereocenters. The zero-order chi connectivity index (χ0) is 8.39. The fourth-order valence-electron chi connectivity index (χ4n) is 1.33. The topological polar surface area (TPSA) is 45.3 Å². The standard InChI is InChI=1S/C8H12N2O2/c9-4-7-5-10(7)12-6-8-2-1-3-11-8/h7-8H,1-3,5-6H2. The van der Waals surface area contributed by atoms with Crippen LogP contribution in [-0.4, -0.2) is 37.0 Å². The van der Waals surface area contributed by atoms with Crippen LogP contribution in [0.5, 0.6) is 0 Å². The Labute approximate surface area is 71.6 Å². The predicted octanol–water partition coefficient (Wildman–Crippen LogP) is 0.305. The highest BCUT2D eigenvalue weighted by molar-refractivity contribution is 5.01. The van der Waals surface area contributed by atoms with E-state index in [9.17, 15) is 0 Å². The van der Waals surface area contributed by atoms with Crippen molar-refractivity contribution in [2.45, 2.75) is 25.0 Å². The van der Waals surface area contributed by atoms with Gasteiger partial charge < -0.3 is 4.74 Å². The molecule has 0 aromatic heterocycles. The van der Waals surface area contributed by atoms with Crippen LogP contribution in [0, 0.1) is 11.3 Å². The predicted molar refractivity (Wildman–Crippen MR) is 41.0 cm³/mol. The SMILES string of the molecule is N#CC1CN1OCC1CCCO1. The molecule has 2 fully saturated rings. The highest BCUT2D eigenvalue weighted by atomic mass is 16.7. The van der Waals surface area contributed by atoms with Crippen molar-refractivity contribution < 1.29 is 9.57 Å². The van der Waals surface area contributed by atoms with E-state index in [0.717, 1.165) is 26.0 Å². The van der Waals surface area contributed by atoms with Crippen molar-refractivity contribution in [2.75, 3.05) is 19.8 Å². The lowest BCUT2D eigenvalue weighted by Gasteiger charge is -2.08. The zero-order valence-corrected chi connectivity index (χ0v) is 6.90. The third-order valence-electron chi connectivity index (χ3n) is 2.17. The van der Waals surface area contributed by atoms with Gasteiger partial charge in [-0.15, -0.1) is 0 Å². The van der Waals surface area contributed by atoms with E-state index in [1.807, 2.05) is 0 Å². The summed E-state index contributed by atoms with van der Waals surface area (Å²) in [5, 5.41) is 10.2. The van der Waals surface area contributed by atoms with Gasteiger partial charge in [0.2, 0.25) is 0 Å². The molecule has 0 spiro atoms. The van der Waals surface area contributed by atoms with E-state index < -0.39 is 0 Å². The van der Waals surface area contributed by atoms with Crippen LogP contribution >= 0.6 is 0 Å². The van der Waals surface area contributed by atoms with Crippen LogP contribution in [0.15, 0.2) is 0 Å². The number of ether oxygens (including phenoxy) is 1. The van der Waals surface area contributed by atoms with Crippen LogP contribution in [0.1, 0.15) is 12.8 Å². The monoisotopic (exact) mass is 168 g/mol. The molecule has 2 aliphatic rings. The minimum atomic E-state index is -0.00796. The molecule has 2 saturated heterocycles. The van der Waals surface area contributed by atoms with Crippen molar-refractivity contribution >= 4 is 0 Å². The normalized spacial score (nSPS) is 39.4. The zero-order valence-electron chi connectivity index (χ0n) is 6.90. The van der Waals surface area contributed by atoms with E-state index in [-0.39, 0.29) is 12.1 Å². The van der Waals surface area contributed by atoms with Crippen molar-refractivity contribution in [3.8, 4) is 6.07 Å². The average molecular weight is 168 g/mol. The molecule has 0 saturated carbocycles. The van der Waals surface area contributed by atoms with Gasteiger partial charge in [0.15, 0.2) is 0 Å². The van der Waals surface area contributed by atoms with Crippen LogP contribution in [0.2, 0.25) is 0 Å². The summed E-state index contributed by atoms with van der Waals surface area (Å²) in [4.78, 5) is 5.33. The summed E-state index contributed by atoms with van der Waals surface area (Å²) in [5.74, 6) is 0. The molecule has 2 heterocycles. The lowest BCUT2D eigenvalue weighted by Crippen LogP contribution is -2.17. The second kappa shape index (κ2) is 3.40. The van der Waals surface area contributed by atoms with Crippen molar-refractivity contribution in [2.24, 2.45) is 0 Å². The molecule has 0 aromatic carbocycles. The maximum absolute atomic E-state index is 8.47. The van der Waals surface area contributed by atoms with Gasteiger partial charge in [-0.3, -0.25) is 4.84 Å². The Balaban J connectivity index is 1.60. The second-order valence-corrected chi connectivity index (χ2v) is 3.18. The number of rotatable bonds is 3. The largest absolute Gasteiger partial charge is 0.376 e. The molecule has 66 valence electrons. The van der Waals surface area contributed by atoms with Crippen LogP contribution < -0.4 is 0 Å². The Morgan fingerprint density at radius 1 is 1.67 bits per heavy atom. The van der Waals surface area contributed by atoms with E-state index >= 15 is 0 Å². The fourth-order valence-corrected chi connectivity index (χ4v) is 1.33. The van der Waals surface area contributed by atoms with Gasteiger partial charge in [-0.1, -0.05) is 0 Å². The molecule has 4 heteroatoms. The molecule has 2 rings (SSSR count). The van der Waals surface area contributed by atoms with Crippen LogP contribution in [-0.2, 0) is 9.57 Å². The Morgan fingerprint density at radius 3 is 3.17 bits per heavy atom. The van der Waals surface area contributed by atoms with E-state index in [4.69, 9.17) is 14.8 Å². The minimum absolute atomic E-state index is 0.00796. The molecule has 0 bridgehead atoms. The van der Waals surface area contributed by atoms with Gasteiger partial charge in [0.25, 0.3) is 0 Å². The van der Waals surface area contributed by atoms with Crippen molar-refractivity contribution in [3.63, 3.8) is 0 Å². The first-order chi connectivity index (χ1) is 5.90. The van der Waals surface area contributed by atoms with Crippen molar-refractivity contribution in [1.82, 2.24) is 5.06 Å². The lowest BCUT2D eigenvalue weighted by molar-refractivity contribution is -0.107. The van der Waals surface area contributed by atoms with Gasteiger partial charge in [0, 0.05) is 6.61 Å². The fraction of sp³-hybridized carbons (Fsp3) is 0.875. The van der Waals surface area contributed by atoms with Gasteiger partial charge in [0.05, 0.1) is 25.3 Å². The molecule has 0 radical (unpaired) electrons. The first kappa shape index (κ1) is 7.99. The Bertz CT molecular complexity index is 196. The number of nitrogens with zero attached hydrogens (tertiary/aromatic N) is 2. The second-order valence-electron chi connectivity index (χ2n) is 3.18. The van der Waals surface area contributed by atoms with Gasteiger partial charge >= 0.3 is 0 Å². The molecule has 4 nitrogen and oxygen atoms in total. The van der Waals surface area contributed by atoms with Crippen LogP contribution in [0.25, 0.3) is 0 Å². The Kier molecular flexibility index (Phi) is 2.26. The van der Waals surface area contributed by atoms with E-state index in [2.05, 4.69) is 6.07 Å². The Hall–Kier alpha value is -0.630. The van der Waals surface area contributed by atoms with E-state index in [1.54, 1.807) is 5.06 Å². The minimum Gasteiger partial charge on any atom is -0.376 e. The summed E-state index contributed by atoms with van der Waals surface area (Å²) in [6.45, 7) is 2.22. The molecule has 3 atom stereocenters. The summed E-state index contributed by atoms with van der Waals surface area (Å²) in [7, 11) is 0. The number of nitriles is 1. The highest BCUT2D eigenvalue weighted by Gasteiger charge is 2.36. The van der Waals surface area contributed by atoms with Crippen LogP contribution in [0.4, 0.5) is 0 Å². The Morgan fingerprint density at radius 2 is 2.58 bits per heavy atom. The lowest BCUT2D eigenvalue weighted by atomic mass is 10.2. The van der Waals surface area contributed by atoms with E-state index in [0.29, 0.717) is 6.61 Å². The highest BCUT2D eigenvalue weighted by Crippen LogP contribution is 2.19. The number of hydroxylamine groups is 2. The summed E-state index contributed by atoms with van der Waals surface area (Å²) >= 11 is 0. The van der Waals surface area contributed by atoms with Gasteiger partial charge in [-0.2, -0.15) is 10.3 Å².